The first kappa shape index (κ1) is 12.7. The van der Waals surface area contributed by atoms with Gasteiger partial charge in [-0.25, -0.2) is 0 Å². The summed E-state index contributed by atoms with van der Waals surface area (Å²) in [4.78, 5) is 12.0. The van der Waals surface area contributed by atoms with Crippen LogP contribution in [-0.2, 0) is 4.74 Å². The average Bonchev–Trinajstić information content (AvgIpc) is 2.35. The normalized spacial score (nSPS) is 12.2. The molecule has 1 rings (SSSR count). The van der Waals surface area contributed by atoms with Gasteiger partial charge in [-0.05, 0) is 30.7 Å². The molecule has 16 heavy (non-hydrogen) atoms. The third-order valence-corrected chi connectivity index (χ3v) is 2.50. The summed E-state index contributed by atoms with van der Waals surface area (Å²) < 4.78 is 10.2. The lowest BCUT2D eigenvalue weighted by molar-refractivity contribution is 0.0578. The SMILES string of the molecule is CCCC(OC)C(=O)c1ccc(OC)cc1. The summed E-state index contributed by atoms with van der Waals surface area (Å²) in [5.74, 6) is 0.785. The van der Waals surface area contributed by atoms with Crippen LogP contribution in [0.2, 0.25) is 0 Å². The van der Waals surface area contributed by atoms with Crippen molar-refractivity contribution in [1.82, 2.24) is 0 Å². The van der Waals surface area contributed by atoms with Crippen molar-refractivity contribution in [2.24, 2.45) is 0 Å². The van der Waals surface area contributed by atoms with Crippen LogP contribution in [0.4, 0.5) is 0 Å². The third-order valence-electron chi connectivity index (χ3n) is 2.50. The molecule has 1 aromatic rings. The van der Waals surface area contributed by atoms with Crippen LogP contribution < -0.4 is 4.74 Å². The molecule has 0 bridgehead atoms. The quantitative estimate of drug-likeness (QED) is 0.694. The Kier molecular flexibility index (Phi) is 4.99. The van der Waals surface area contributed by atoms with E-state index in [-0.39, 0.29) is 11.9 Å². The van der Waals surface area contributed by atoms with Crippen LogP contribution in [0.3, 0.4) is 0 Å². The molecule has 0 spiro atoms. The number of carbonyl (C=O) groups excluding carboxylic acids is 1. The summed E-state index contributed by atoms with van der Waals surface area (Å²) >= 11 is 0. The smallest absolute Gasteiger partial charge is 0.191 e. The highest BCUT2D eigenvalue weighted by atomic mass is 16.5. The number of hydrogen-bond acceptors (Lipinski definition) is 3. The van der Waals surface area contributed by atoms with Crippen LogP contribution in [-0.4, -0.2) is 26.1 Å². The van der Waals surface area contributed by atoms with E-state index in [0.717, 1.165) is 18.6 Å². The molecule has 0 N–H and O–H groups in total. The molecular formula is C13H18O3. The molecule has 3 heteroatoms. The lowest BCUT2D eigenvalue weighted by atomic mass is 10.0. The summed E-state index contributed by atoms with van der Waals surface area (Å²) in [5, 5.41) is 0. The molecule has 0 radical (unpaired) electrons. The predicted molar refractivity (Wildman–Crippen MR) is 63.0 cm³/mol. The molecule has 0 amide bonds. The molecule has 88 valence electrons. The molecule has 1 unspecified atom stereocenters. The largest absolute Gasteiger partial charge is 0.497 e. The lowest BCUT2D eigenvalue weighted by Crippen LogP contribution is -2.22. The third kappa shape index (κ3) is 3.07. The van der Waals surface area contributed by atoms with E-state index < -0.39 is 0 Å². The zero-order chi connectivity index (χ0) is 12.0. The van der Waals surface area contributed by atoms with Crippen molar-refractivity contribution in [2.45, 2.75) is 25.9 Å². The monoisotopic (exact) mass is 222 g/mol. The van der Waals surface area contributed by atoms with Crippen molar-refractivity contribution in [3.8, 4) is 5.75 Å². The van der Waals surface area contributed by atoms with E-state index in [9.17, 15) is 4.79 Å². The number of rotatable bonds is 6. The fourth-order valence-electron chi connectivity index (χ4n) is 1.56. The van der Waals surface area contributed by atoms with Gasteiger partial charge in [0.25, 0.3) is 0 Å². The molecule has 0 aliphatic carbocycles. The van der Waals surface area contributed by atoms with Crippen molar-refractivity contribution < 1.29 is 14.3 Å². The second kappa shape index (κ2) is 6.28. The number of hydrogen-bond donors (Lipinski definition) is 0. The molecule has 0 aromatic heterocycles. The zero-order valence-corrected chi connectivity index (χ0v) is 10.0. The van der Waals surface area contributed by atoms with Crippen LogP contribution in [0.5, 0.6) is 5.75 Å². The molecule has 0 fully saturated rings. The molecule has 0 heterocycles. The van der Waals surface area contributed by atoms with Gasteiger partial charge in [0.15, 0.2) is 5.78 Å². The Morgan fingerprint density at radius 3 is 2.31 bits per heavy atom. The number of carbonyl (C=O) groups is 1. The Morgan fingerprint density at radius 1 is 1.25 bits per heavy atom. The van der Waals surface area contributed by atoms with Crippen LogP contribution >= 0.6 is 0 Å². The highest BCUT2D eigenvalue weighted by Crippen LogP contribution is 2.15. The Morgan fingerprint density at radius 2 is 1.88 bits per heavy atom. The van der Waals surface area contributed by atoms with E-state index in [2.05, 4.69) is 0 Å². The van der Waals surface area contributed by atoms with Crippen LogP contribution in [0.15, 0.2) is 24.3 Å². The lowest BCUT2D eigenvalue weighted by Gasteiger charge is -2.13. The van der Waals surface area contributed by atoms with Crippen molar-refractivity contribution in [2.75, 3.05) is 14.2 Å². The van der Waals surface area contributed by atoms with Crippen molar-refractivity contribution in [3.63, 3.8) is 0 Å². The molecule has 1 aromatic carbocycles. The molecule has 0 saturated carbocycles. The topological polar surface area (TPSA) is 35.5 Å². The van der Waals surface area contributed by atoms with E-state index in [4.69, 9.17) is 9.47 Å². The van der Waals surface area contributed by atoms with Crippen molar-refractivity contribution in [3.05, 3.63) is 29.8 Å². The van der Waals surface area contributed by atoms with E-state index in [1.54, 1.807) is 38.5 Å². The van der Waals surface area contributed by atoms with Gasteiger partial charge in [-0.15, -0.1) is 0 Å². The Bertz CT molecular complexity index is 330. The van der Waals surface area contributed by atoms with Gasteiger partial charge in [0, 0.05) is 12.7 Å². The Hall–Kier alpha value is -1.35. The van der Waals surface area contributed by atoms with Crippen LogP contribution in [0, 0.1) is 0 Å². The summed E-state index contributed by atoms with van der Waals surface area (Å²) in [6.45, 7) is 2.04. The zero-order valence-electron chi connectivity index (χ0n) is 10.0. The minimum Gasteiger partial charge on any atom is -0.497 e. The fourth-order valence-corrected chi connectivity index (χ4v) is 1.56. The minimum atomic E-state index is -0.335. The summed E-state index contributed by atoms with van der Waals surface area (Å²) in [5.41, 5.74) is 0.668. The van der Waals surface area contributed by atoms with Gasteiger partial charge in [-0.1, -0.05) is 13.3 Å². The van der Waals surface area contributed by atoms with Gasteiger partial charge < -0.3 is 9.47 Å². The van der Waals surface area contributed by atoms with E-state index >= 15 is 0 Å². The highest BCUT2D eigenvalue weighted by molar-refractivity contribution is 5.99. The molecule has 3 nitrogen and oxygen atoms in total. The maximum absolute atomic E-state index is 12.0. The fraction of sp³-hybridized carbons (Fsp3) is 0.462. The predicted octanol–water partition coefficient (Wildman–Crippen LogP) is 2.69. The molecule has 1 atom stereocenters. The van der Waals surface area contributed by atoms with Crippen LogP contribution in [0.25, 0.3) is 0 Å². The number of benzene rings is 1. The molecular weight excluding hydrogens is 204 g/mol. The summed E-state index contributed by atoms with van der Waals surface area (Å²) in [7, 11) is 3.17. The van der Waals surface area contributed by atoms with Gasteiger partial charge in [-0.3, -0.25) is 4.79 Å². The Balaban J connectivity index is 2.78. The number of methoxy groups -OCH3 is 2. The summed E-state index contributed by atoms with van der Waals surface area (Å²) in [6.07, 6.45) is 1.35. The number of ketones is 1. The van der Waals surface area contributed by atoms with Crippen molar-refractivity contribution >= 4 is 5.78 Å². The summed E-state index contributed by atoms with van der Waals surface area (Å²) in [6, 6.07) is 7.10. The average molecular weight is 222 g/mol. The highest BCUT2D eigenvalue weighted by Gasteiger charge is 2.18. The number of Topliss-reactive ketones (excluding diaryl/α,β-unsaturated/α-hetero) is 1. The van der Waals surface area contributed by atoms with Gasteiger partial charge in [0.05, 0.1) is 7.11 Å². The maximum atomic E-state index is 12.0. The van der Waals surface area contributed by atoms with E-state index in [0.29, 0.717) is 5.56 Å². The maximum Gasteiger partial charge on any atom is 0.191 e. The minimum absolute atomic E-state index is 0.0343. The van der Waals surface area contributed by atoms with Gasteiger partial charge >= 0.3 is 0 Å². The first-order valence-corrected chi connectivity index (χ1v) is 5.44. The van der Waals surface area contributed by atoms with Crippen LogP contribution in [0.1, 0.15) is 30.1 Å². The number of ether oxygens (including phenoxy) is 2. The van der Waals surface area contributed by atoms with E-state index in [1.807, 2.05) is 6.92 Å². The van der Waals surface area contributed by atoms with Crippen molar-refractivity contribution in [1.29, 1.82) is 0 Å². The second-order valence-electron chi connectivity index (χ2n) is 3.61. The Labute approximate surface area is 96.4 Å². The van der Waals surface area contributed by atoms with Gasteiger partial charge in [0.2, 0.25) is 0 Å². The molecule has 0 aliphatic rings. The molecule has 0 saturated heterocycles. The molecule has 0 aliphatic heterocycles. The van der Waals surface area contributed by atoms with Gasteiger partial charge in [-0.2, -0.15) is 0 Å². The van der Waals surface area contributed by atoms with E-state index in [1.165, 1.54) is 0 Å². The standard InChI is InChI=1S/C13H18O3/c1-4-5-12(16-3)13(14)10-6-8-11(15-2)9-7-10/h6-9,12H,4-5H2,1-3H3. The first-order valence-electron chi connectivity index (χ1n) is 5.44. The first-order chi connectivity index (χ1) is 7.72. The van der Waals surface area contributed by atoms with Gasteiger partial charge in [0.1, 0.15) is 11.9 Å². The second-order valence-corrected chi connectivity index (χ2v) is 3.61.